The van der Waals surface area contributed by atoms with Crippen molar-refractivity contribution >= 4 is 21.6 Å². The molecule has 1 unspecified atom stereocenters. The van der Waals surface area contributed by atoms with Gasteiger partial charge in [-0.25, -0.2) is 8.42 Å². The molecule has 0 heterocycles. The second-order valence-electron chi connectivity index (χ2n) is 6.97. The first-order valence-corrected chi connectivity index (χ1v) is 10.9. The Labute approximate surface area is 177 Å². The molecule has 0 aliphatic rings. The summed E-state index contributed by atoms with van der Waals surface area (Å²) in [4.78, 5) is 12.7. The minimum atomic E-state index is -3.82. The van der Waals surface area contributed by atoms with Gasteiger partial charge in [-0.1, -0.05) is 30.3 Å². The van der Waals surface area contributed by atoms with Gasteiger partial charge in [0.05, 0.1) is 18.0 Å². The molecule has 0 spiro atoms. The maximum atomic E-state index is 12.7. The van der Waals surface area contributed by atoms with Crippen LogP contribution in [0.5, 0.6) is 5.75 Å². The van der Waals surface area contributed by atoms with Crippen LogP contribution in [0.15, 0.2) is 77.7 Å². The summed E-state index contributed by atoms with van der Waals surface area (Å²) in [6.45, 7) is 3.74. The van der Waals surface area contributed by atoms with Crippen LogP contribution < -0.4 is 14.8 Å². The van der Waals surface area contributed by atoms with Crippen LogP contribution in [0.4, 0.5) is 5.69 Å². The Hall–Kier alpha value is -3.32. The van der Waals surface area contributed by atoms with Crippen molar-refractivity contribution in [2.24, 2.45) is 0 Å². The van der Waals surface area contributed by atoms with Crippen molar-refractivity contribution in [2.75, 3.05) is 11.8 Å². The molecule has 0 saturated heterocycles. The first-order valence-electron chi connectivity index (χ1n) is 9.43. The molecular formula is C23H24N2O4S. The second kappa shape index (κ2) is 9.00. The Morgan fingerprint density at radius 1 is 0.967 bits per heavy atom. The number of carbonyl (C=O) groups is 1. The summed E-state index contributed by atoms with van der Waals surface area (Å²) >= 11 is 0. The quantitative estimate of drug-likeness (QED) is 0.592. The molecule has 0 fully saturated rings. The molecule has 3 aromatic carbocycles. The van der Waals surface area contributed by atoms with Gasteiger partial charge in [0.25, 0.3) is 15.9 Å². The van der Waals surface area contributed by atoms with Crippen LogP contribution in [0, 0.1) is 6.92 Å². The van der Waals surface area contributed by atoms with Crippen molar-refractivity contribution in [2.45, 2.75) is 24.8 Å². The smallest absolute Gasteiger partial charge is 0.261 e. The molecule has 6 nitrogen and oxygen atoms in total. The molecule has 2 N–H and O–H groups in total. The molecule has 30 heavy (non-hydrogen) atoms. The van der Waals surface area contributed by atoms with E-state index in [2.05, 4.69) is 10.0 Å². The second-order valence-corrected chi connectivity index (χ2v) is 8.65. The number of sulfonamides is 1. The van der Waals surface area contributed by atoms with Crippen molar-refractivity contribution in [1.29, 1.82) is 0 Å². The highest BCUT2D eigenvalue weighted by molar-refractivity contribution is 7.92. The van der Waals surface area contributed by atoms with E-state index < -0.39 is 10.0 Å². The number of anilines is 1. The van der Waals surface area contributed by atoms with Gasteiger partial charge in [-0.3, -0.25) is 9.52 Å². The minimum absolute atomic E-state index is 0.0220. The van der Waals surface area contributed by atoms with Gasteiger partial charge >= 0.3 is 0 Å². The van der Waals surface area contributed by atoms with E-state index in [-0.39, 0.29) is 22.4 Å². The lowest BCUT2D eigenvalue weighted by atomic mass is 10.1. The number of ether oxygens (including phenoxy) is 1. The summed E-state index contributed by atoms with van der Waals surface area (Å²) in [6, 6.07) is 20.2. The monoisotopic (exact) mass is 424 g/mol. The molecule has 3 rings (SSSR count). The molecule has 0 aromatic heterocycles. The third kappa shape index (κ3) is 5.18. The molecule has 0 saturated carbocycles. The summed E-state index contributed by atoms with van der Waals surface area (Å²) in [5, 5.41) is 2.89. The third-order valence-corrected chi connectivity index (χ3v) is 6.02. The number of benzene rings is 3. The normalized spacial score (nSPS) is 12.1. The maximum absolute atomic E-state index is 12.7. The van der Waals surface area contributed by atoms with Gasteiger partial charge in [0.1, 0.15) is 5.75 Å². The number of aryl methyl sites for hydroxylation is 1. The van der Waals surface area contributed by atoms with Gasteiger partial charge in [0, 0.05) is 11.3 Å². The number of hydrogen-bond donors (Lipinski definition) is 2. The van der Waals surface area contributed by atoms with Gasteiger partial charge < -0.3 is 10.1 Å². The molecule has 7 heteroatoms. The van der Waals surface area contributed by atoms with Gasteiger partial charge in [-0.15, -0.1) is 0 Å². The number of nitrogens with one attached hydrogen (secondary N) is 2. The van der Waals surface area contributed by atoms with Crippen LogP contribution >= 0.6 is 0 Å². The highest BCUT2D eigenvalue weighted by Gasteiger charge is 2.18. The largest absolute Gasteiger partial charge is 0.497 e. The van der Waals surface area contributed by atoms with E-state index in [1.54, 1.807) is 37.4 Å². The van der Waals surface area contributed by atoms with Crippen LogP contribution in [0.3, 0.4) is 0 Å². The van der Waals surface area contributed by atoms with Crippen molar-refractivity contribution < 1.29 is 17.9 Å². The lowest BCUT2D eigenvalue weighted by Gasteiger charge is -2.15. The summed E-state index contributed by atoms with van der Waals surface area (Å²) in [5.74, 6) is 0.377. The van der Waals surface area contributed by atoms with Crippen molar-refractivity contribution in [1.82, 2.24) is 5.32 Å². The summed E-state index contributed by atoms with van der Waals surface area (Å²) in [5.41, 5.74) is 2.59. The first-order chi connectivity index (χ1) is 14.3. The number of carbonyl (C=O) groups excluding carboxylic acids is 1. The van der Waals surface area contributed by atoms with E-state index in [0.717, 1.165) is 16.9 Å². The molecule has 0 radical (unpaired) electrons. The topological polar surface area (TPSA) is 84.5 Å². The molecule has 3 aromatic rings. The highest BCUT2D eigenvalue weighted by atomic mass is 32.2. The lowest BCUT2D eigenvalue weighted by Crippen LogP contribution is -2.27. The first kappa shape index (κ1) is 21.4. The molecule has 1 atom stereocenters. The Kier molecular flexibility index (Phi) is 6.42. The standard InChI is InChI=1S/C23H24N2O4S/c1-16-6-4-8-20(14-16)25-30(27,28)22-9-5-7-19(15-22)23(26)24-17(2)18-10-12-21(29-3)13-11-18/h4-15,17,25H,1-3H3,(H,24,26). The van der Waals surface area contributed by atoms with Crippen molar-refractivity contribution in [3.05, 3.63) is 89.5 Å². The SMILES string of the molecule is COc1ccc(C(C)NC(=O)c2cccc(S(=O)(=O)Nc3cccc(C)c3)c2)cc1. The van der Waals surface area contributed by atoms with E-state index in [1.165, 1.54) is 12.1 Å². The van der Waals surface area contributed by atoms with Gasteiger partial charge in [-0.05, 0) is 67.4 Å². The molecule has 1 amide bonds. The fourth-order valence-electron chi connectivity index (χ4n) is 2.98. The third-order valence-electron chi connectivity index (χ3n) is 4.64. The predicted octanol–water partition coefficient (Wildman–Crippen LogP) is 4.30. The fraction of sp³-hybridized carbons (Fsp3) is 0.174. The van der Waals surface area contributed by atoms with E-state index >= 15 is 0 Å². The van der Waals surface area contributed by atoms with Crippen molar-refractivity contribution in [3.8, 4) is 5.75 Å². The highest BCUT2D eigenvalue weighted by Crippen LogP contribution is 2.20. The number of hydrogen-bond acceptors (Lipinski definition) is 4. The maximum Gasteiger partial charge on any atom is 0.261 e. The molecule has 0 aliphatic heterocycles. The van der Waals surface area contributed by atoms with E-state index in [4.69, 9.17) is 4.74 Å². The van der Waals surface area contributed by atoms with E-state index in [1.807, 2.05) is 44.2 Å². The van der Waals surface area contributed by atoms with Gasteiger partial charge in [-0.2, -0.15) is 0 Å². The summed E-state index contributed by atoms with van der Waals surface area (Å²) < 4.78 is 33.2. The summed E-state index contributed by atoms with van der Waals surface area (Å²) in [7, 11) is -2.23. The Balaban J connectivity index is 1.75. The Bertz CT molecular complexity index is 1140. The van der Waals surface area contributed by atoms with Crippen LogP contribution in [0.1, 0.15) is 34.5 Å². The Morgan fingerprint density at radius 3 is 2.33 bits per heavy atom. The van der Waals surface area contributed by atoms with Crippen LogP contribution in [-0.4, -0.2) is 21.4 Å². The average Bonchev–Trinajstić information content (AvgIpc) is 2.73. The van der Waals surface area contributed by atoms with E-state index in [9.17, 15) is 13.2 Å². The summed E-state index contributed by atoms with van der Waals surface area (Å²) in [6.07, 6.45) is 0. The van der Waals surface area contributed by atoms with Gasteiger partial charge in [0.2, 0.25) is 0 Å². The lowest BCUT2D eigenvalue weighted by molar-refractivity contribution is 0.0939. The average molecular weight is 425 g/mol. The zero-order chi connectivity index (χ0) is 21.7. The zero-order valence-electron chi connectivity index (χ0n) is 17.0. The number of amides is 1. The fourth-order valence-corrected chi connectivity index (χ4v) is 4.08. The van der Waals surface area contributed by atoms with Gasteiger partial charge in [0.15, 0.2) is 0 Å². The van der Waals surface area contributed by atoms with Crippen LogP contribution in [-0.2, 0) is 10.0 Å². The number of rotatable bonds is 7. The van der Waals surface area contributed by atoms with Crippen LogP contribution in [0.2, 0.25) is 0 Å². The van der Waals surface area contributed by atoms with E-state index in [0.29, 0.717) is 5.69 Å². The van der Waals surface area contributed by atoms with Crippen molar-refractivity contribution in [3.63, 3.8) is 0 Å². The molecule has 0 bridgehead atoms. The molecular weight excluding hydrogens is 400 g/mol. The Morgan fingerprint density at radius 2 is 1.67 bits per heavy atom. The zero-order valence-corrected chi connectivity index (χ0v) is 17.9. The molecule has 0 aliphatic carbocycles. The predicted molar refractivity (Wildman–Crippen MR) is 117 cm³/mol. The van der Waals surface area contributed by atoms with Crippen LogP contribution in [0.25, 0.3) is 0 Å². The minimum Gasteiger partial charge on any atom is -0.497 e. The molecule has 156 valence electrons. The number of methoxy groups -OCH3 is 1.